The van der Waals surface area contributed by atoms with E-state index in [0.717, 1.165) is 5.69 Å². The smallest absolute Gasteiger partial charge is 0.103 e. The molecule has 0 bridgehead atoms. The monoisotopic (exact) mass is 150 g/mol. The van der Waals surface area contributed by atoms with Crippen LogP contribution in [-0.4, -0.2) is 14.1 Å². The number of hydrogen-bond donors (Lipinski definition) is 1. The van der Waals surface area contributed by atoms with Crippen molar-refractivity contribution in [3.8, 4) is 0 Å². The summed E-state index contributed by atoms with van der Waals surface area (Å²) in [7, 11) is 7.75. The molecule has 0 aliphatic carbocycles. The highest BCUT2D eigenvalue weighted by Gasteiger charge is 1.93. The van der Waals surface area contributed by atoms with Crippen LogP contribution in [0.15, 0.2) is 24.3 Å². The van der Waals surface area contributed by atoms with Gasteiger partial charge in [0, 0.05) is 19.8 Å². The van der Waals surface area contributed by atoms with Crippen LogP contribution in [0.4, 0.5) is 11.4 Å². The Kier molecular flexibility index (Phi) is 2.49. The van der Waals surface area contributed by atoms with Crippen molar-refractivity contribution in [3.63, 3.8) is 0 Å². The molecule has 0 unspecified atom stereocenters. The summed E-state index contributed by atoms with van der Waals surface area (Å²) in [5, 5.41) is 1.85. The number of nitrogens with two attached hydrogens (primary N) is 1. The van der Waals surface area contributed by atoms with Crippen molar-refractivity contribution in [1.82, 2.24) is 0 Å². The topological polar surface area (TPSA) is 19.9 Å². The zero-order valence-corrected chi connectivity index (χ0v) is 7.04. The summed E-state index contributed by atoms with van der Waals surface area (Å²) >= 11 is 0. The van der Waals surface area contributed by atoms with Gasteiger partial charge in [0.15, 0.2) is 0 Å². The average Bonchev–Trinajstić information content (AvgIpc) is 2.05. The summed E-state index contributed by atoms with van der Waals surface area (Å²) in [5.41, 5.74) is 2.38. The van der Waals surface area contributed by atoms with Gasteiger partial charge >= 0.3 is 0 Å². The molecule has 60 valence electrons. The maximum absolute atomic E-state index is 3.69. The van der Waals surface area contributed by atoms with Crippen LogP contribution < -0.4 is 10.2 Å². The molecule has 0 aromatic heterocycles. The van der Waals surface area contributed by atoms with Crippen LogP contribution in [0.1, 0.15) is 0 Å². The van der Waals surface area contributed by atoms with E-state index in [4.69, 9.17) is 0 Å². The van der Waals surface area contributed by atoms with E-state index >= 15 is 0 Å². The maximum atomic E-state index is 3.69. The van der Waals surface area contributed by atoms with E-state index in [0.29, 0.717) is 0 Å². The van der Waals surface area contributed by atoms with Crippen molar-refractivity contribution in [2.75, 3.05) is 19.0 Å². The summed E-state index contributed by atoms with van der Waals surface area (Å²) in [6, 6.07) is 8.28. The largest absolute Gasteiger partial charge is 0.446 e. The highest BCUT2D eigenvalue weighted by atomic mass is 15.1. The minimum atomic E-state index is 1.16. The molecule has 0 saturated carbocycles. The lowest BCUT2D eigenvalue weighted by molar-refractivity contribution is -0.504. The minimum Gasteiger partial charge on any atom is -0.446 e. The summed E-state index contributed by atoms with van der Waals surface area (Å²) in [6.07, 6.45) is 0. The molecule has 0 heterocycles. The Hall–Kier alpha value is -1.02. The Labute approximate surface area is 67.8 Å². The van der Waals surface area contributed by atoms with Gasteiger partial charge in [0.2, 0.25) is 0 Å². The molecule has 1 aromatic carbocycles. The number of quaternary nitrogens is 1. The first-order valence-electron chi connectivity index (χ1n) is 3.64. The van der Waals surface area contributed by atoms with Gasteiger partial charge in [-0.3, -0.25) is 0 Å². The molecule has 0 radical (unpaired) electrons. The molecule has 2 heteroatoms. The molecule has 0 aliphatic rings. The maximum Gasteiger partial charge on any atom is 0.103 e. The Morgan fingerprint density at radius 3 is 2.09 bits per heavy atom. The lowest BCUT2D eigenvalue weighted by Gasteiger charge is -2.11. The summed E-state index contributed by atoms with van der Waals surface area (Å²) < 4.78 is 0. The summed E-state index contributed by atoms with van der Waals surface area (Å²) in [5.74, 6) is 0. The van der Waals surface area contributed by atoms with E-state index in [1.165, 1.54) is 5.69 Å². The van der Waals surface area contributed by atoms with Crippen LogP contribution in [0, 0.1) is 7.05 Å². The van der Waals surface area contributed by atoms with E-state index in [9.17, 15) is 0 Å². The first kappa shape index (κ1) is 8.08. The third kappa shape index (κ3) is 1.95. The van der Waals surface area contributed by atoms with Crippen LogP contribution in [0.2, 0.25) is 0 Å². The fourth-order valence-electron chi connectivity index (χ4n) is 0.909. The predicted molar refractivity (Wildman–Crippen MR) is 47.7 cm³/mol. The minimum absolute atomic E-state index is 1.16. The molecule has 0 amide bonds. The van der Waals surface area contributed by atoms with Crippen molar-refractivity contribution in [2.45, 2.75) is 0 Å². The summed E-state index contributed by atoms with van der Waals surface area (Å²) in [6.45, 7) is 0. The highest BCUT2D eigenvalue weighted by Crippen LogP contribution is 2.11. The molecular weight excluding hydrogens is 136 g/mol. The van der Waals surface area contributed by atoms with Gasteiger partial charge in [-0.05, 0) is 24.3 Å². The van der Waals surface area contributed by atoms with Gasteiger partial charge in [0.1, 0.15) is 5.69 Å². The van der Waals surface area contributed by atoms with Gasteiger partial charge in [-0.25, -0.2) is 0 Å². The quantitative estimate of drug-likeness (QED) is 0.487. The number of anilines is 1. The highest BCUT2D eigenvalue weighted by molar-refractivity contribution is 5.49. The van der Waals surface area contributed by atoms with Crippen LogP contribution in [0.25, 0.3) is 0 Å². The second-order valence-corrected chi connectivity index (χ2v) is 2.69. The zero-order valence-electron chi connectivity index (χ0n) is 7.04. The molecule has 0 fully saturated rings. The molecule has 2 N–H and O–H groups in total. The molecule has 11 heavy (non-hydrogen) atoms. The summed E-state index contributed by atoms with van der Waals surface area (Å²) in [4.78, 5) is 2.08. The fraction of sp³-hybridized carbons (Fsp3) is 0.222. The van der Waals surface area contributed by atoms with E-state index in [1.54, 1.807) is 0 Å². The van der Waals surface area contributed by atoms with E-state index in [1.807, 2.05) is 19.4 Å². The molecule has 0 atom stereocenters. The van der Waals surface area contributed by atoms with Crippen molar-refractivity contribution in [1.29, 1.82) is 0 Å². The van der Waals surface area contributed by atoms with E-state index in [2.05, 4.69) is 36.2 Å². The lowest BCUT2D eigenvalue weighted by Crippen LogP contribution is -2.69. The Morgan fingerprint density at radius 2 is 1.73 bits per heavy atom. The van der Waals surface area contributed by atoms with Crippen LogP contribution in [0.3, 0.4) is 0 Å². The lowest BCUT2D eigenvalue weighted by atomic mass is 10.3. The molecule has 2 nitrogen and oxygen atoms in total. The van der Waals surface area contributed by atoms with Gasteiger partial charge in [-0.15, -0.1) is 7.05 Å². The Morgan fingerprint density at radius 1 is 1.18 bits per heavy atom. The predicted octanol–water partition coefficient (Wildman–Crippen LogP) is 0.739. The first-order valence-corrected chi connectivity index (χ1v) is 3.64. The molecule has 1 rings (SSSR count). The Bertz CT molecular complexity index is 214. The number of benzene rings is 1. The van der Waals surface area contributed by atoms with Crippen LogP contribution in [-0.2, 0) is 0 Å². The van der Waals surface area contributed by atoms with Gasteiger partial charge < -0.3 is 10.2 Å². The zero-order chi connectivity index (χ0) is 8.27. The molecule has 0 aliphatic heterocycles. The standard InChI is InChI=1S/C9H14N2/c1-10-8-4-6-9(7-5-8)11(2)3/h4-7H,1,10H2,2-3H3. The van der Waals surface area contributed by atoms with Crippen molar-refractivity contribution in [2.24, 2.45) is 0 Å². The van der Waals surface area contributed by atoms with E-state index in [-0.39, 0.29) is 0 Å². The molecule has 0 spiro atoms. The van der Waals surface area contributed by atoms with Crippen LogP contribution >= 0.6 is 0 Å². The van der Waals surface area contributed by atoms with Crippen LogP contribution in [0.5, 0.6) is 0 Å². The molecule has 0 saturated heterocycles. The van der Waals surface area contributed by atoms with Crippen molar-refractivity contribution < 1.29 is 5.32 Å². The molecule has 1 aromatic rings. The second-order valence-electron chi connectivity index (χ2n) is 2.69. The van der Waals surface area contributed by atoms with Gasteiger partial charge in [0.05, 0.1) is 0 Å². The first-order chi connectivity index (χ1) is 5.24. The fourth-order valence-corrected chi connectivity index (χ4v) is 0.909. The number of hydrogen-bond acceptors (Lipinski definition) is 1. The third-order valence-corrected chi connectivity index (χ3v) is 1.65. The van der Waals surface area contributed by atoms with Gasteiger partial charge in [0.25, 0.3) is 0 Å². The van der Waals surface area contributed by atoms with Gasteiger partial charge in [-0.1, -0.05) is 0 Å². The molecular formula is C9H14N2. The SMILES string of the molecule is [CH2-][NH2+]c1ccc(N(C)C)cc1. The van der Waals surface area contributed by atoms with Crippen molar-refractivity contribution in [3.05, 3.63) is 31.3 Å². The second kappa shape index (κ2) is 3.39. The Balaban J connectivity index is 2.83. The average molecular weight is 150 g/mol. The van der Waals surface area contributed by atoms with E-state index < -0.39 is 0 Å². The number of nitrogens with zero attached hydrogens (tertiary/aromatic N) is 1. The number of rotatable bonds is 2. The van der Waals surface area contributed by atoms with Gasteiger partial charge in [-0.2, -0.15) is 0 Å². The third-order valence-electron chi connectivity index (χ3n) is 1.65. The normalized spacial score (nSPS) is 9.73. The van der Waals surface area contributed by atoms with Crippen molar-refractivity contribution >= 4 is 11.4 Å².